The first-order valence-electron chi connectivity index (χ1n) is 10.1. The highest BCUT2D eigenvalue weighted by atomic mass is 16.6. The van der Waals surface area contributed by atoms with Gasteiger partial charge >= 0.3 is 12.0 Å². The van der Waals surface area contributed by atoms with Gasteiger partial charge in [0.05, 0.1) is 0 Å². The molecule has 1 heterocycles. The summed E-state index contributed by atoms with van der Waals surface area (Å²) in [5.41, 5.74) is -0.578. The Morgan fingerprint density at radius 3 is 2.21 bits per heavy atom. The van der Waals surface area contributed by atoms with E-state index in [4.69, 9.17) is 4.74 Å². The van der Waals surface area contributed by atoms with Crippen molar-refractivity contribution in [2.75, 3.05) is 20.6 Å². The molecule has 3 amide bonds. The van der Waals surface area contributed by atoms with Gasteiger partial charge in [-0.05, 0) is 66.1 Å². The van der Waals surface area contributed by atoms with Crippen LogP contribution < -0.4 is 5.32 Å². The molecule has 29 heavy (non-hydrogen) atoms. The van der Waals surface area contributed by atoms with E-state index in [9.17, 15) is 14.4 Å². The third-order valence-corrected chi connectivity index (χ3v) is 6.05. The fraction of sp³-hybridized carbons (Fsp3) is 0.591. The van der Waals surface area contributed by atoms with Crippen LogP contribution in [0.25, 0.3) is 0 Å². The largest absolute Gasteiger partial charge is 0.459 e. The Labute approximate surface area is 172 Å². The van der Waals surface area contributed by atoms with Gasteiger partial charge in [0, 0.05) is 5.54 Å². The summed E-state index contributed by atoms with van der Waals surface area (Å²) in [4.78, 5) is 41.0. The normalized spacial score (nSPS) is 27.4. The molecule has 3 rings (SSSR count). The maximum Gasteiger partial charge on any atom is 0.326 e. The lowest BCUT2D eigenvalue weighted by molar-refractivity contribution is -0.157. The number of carbonyl (C=O) groups is 3. The van der Waals surface area contributed by atoms with E-state index in [1.165, 1.54) is 5.56 Å². The van der Waals surface area contributed by atoms with E-state index < -0.39 is 23.1 Å². The second kappa shape index (κ2) is 7.44. The van der Waals surface area contributed by atoms with Crippen molar-refractivity contribution in [3.05, 3.63) is 35.9 Å². The first-order valence-corrected chi connectivity index (χ1v) is 10.1. The third kappa shape index (κ3) is 4.01. The topological polar surface area (TPSA) is 79.0 Å². The Bertz CT molecular complexity index is 790. The van der Waals surface area contributed by atoms with Gasteiger partial charge in [0.25, 0.3) is 5.91 Å². The van der Waals surface area contributed by atoms with Gasteiger partial charge in [0.2, 0.25) is 0 Å². The van der Waals surface area contributed by atoms with E-state index in [2.05, 4.69) is 36.4 Å². The van der Waals surface area contributed by atoms with Gasteiger partial charge in [-0.25, -0.2) is 4.79 Å². The molecule has 1 aliphatic heterocycles. The summed E-state index contributed by atoms with van der Waals surface area (Å²) in [6, 6.07) is 9.75. The summed E-state index contributed by atoms with van der Waals surface area (Å²) >= 11 is 0. The van der Waals surface area contributed by atoms with Gasteiger partial charge in [0.1, 0.15) is 17.7 Å². The first-order chi connectivity index (χ1) is 13.5. The highest BCUT2D eigenvalue weighted by Crippen LogP contribution is 2.46. The minimum Gasteiger partial charge on any atom is -0.459 e. The van der Waals surface area contributed by atoms with Crippen molar-refractivity contribution in [1.29, 1.82) is 0 Å². The van der Waals surface area contributed by atoms with Crippen molar-refractivity contribution >= 4 is 17.9 Å². The Hall–Kier alpha value is -2.41. The number of hydrogen-bond donors (Lipinski definition) is 1. The maximum absolute atomic E-state index is 13.1. The molecule has 7 nitrogen and oxygen atoms in total. The van der Waals surface area contributed by atoms with Crippen LogP contribution in [0.2, 0.25) is 0 Å². The number of urea groups is 1. The average molecular weight is 402 g/mol. The molecule has 7 heteroatoms. The number of benzene rings is 1. The summed E-state index contributed by atoms with van der Waals surface area (Å²) in [5.74, 6) is -0.908. The van der Waals surface area contributed by atoms with Crippen molar-refractivity contribution in [3.8, 4) is 0 Å². The maximum atomic E-state index is 13.1. The zero-order valence-corrected chi connectivity index (χ0v) is 17.9. The van der Waals surface area contributed by atoms with E-state index in [0.717, 1.165) is 17.7 Å². The number of esters is 1. The van der Waals surface area contributed by atoms with Crippen LogP contribution in [0.3, 0.4) is 0 Å². The van der Waals surface area contributed by atoms with Crippen LogP contribution >= 0.6 is 0 Å². The van der Waals surface area contributed by atoms with E-state index in [-0.39, 0.29) is 18.0 Å². The number of imide groups is 1. The van der Waals surface area contributed by atoms with E-state index >= 15 is 0 Å². The summed E-state index contributed by atoms with van der Waals surface area (Å²) in [5, 5.41) is 2.88. The molecule has 2 fully saturated rings. The molecule has 1 N–H and O–H groups in total. The van der Waals surface area contributed by atoms with Gasteiger partial charge in [-0.2, -0.15) is 0 Å². The molecule has 2 aliphatic rings. The van der Waals surface area contributed by atoms with Crippen LogP contribution in [0.1, 0.15) is 52.0 Å². The van der Waals surface area contributed by atoms with Gasteiger partial charge < -0.3 is 10.1 Å². The van der Waals surface area contributed by atoms with Crippen molar-refractivity contribution < 1.29 is 19.1 Å². The minimum atomic E-state index is -0.937. The molecule has 1 aromatic rings. The molecule has 0 radical (unpaired) electrons. The second-order valence-electron chi connectivity index (χ2n) is 9.28. The van der Waals surface area contributed by atoms with Crippen LogP contribution in [0.5, 0.6) is 0 Å². The Morgan fingerprint density at radius 2 is 1.69 bits per heavy atom. The highest BCUT2D eigenvalue weighted by Gasteiger charge is 2.56. The Morgan fingerprint density at radius 1 is 1.10 bits per heavy atom. The fourth-order valence-electron chi connectivity index (χ4n) is 4.49. The van der Waals surface area contributed by atoms with Gasteiger partial charge in [-0.15, -0.1) is 0 Å². The molecule has 1 spiro atoms. The monoisotopic (exact) mass is 401 g/mol. The predicted molar refractivity (Wildman–Crippen MR) is 109 cm³/mol. The lowest BCUT2D eigenvalue weighted by Gasteiger charge is -2.48. The molecule has 0 atom stereocenters. The van der Waals surface area contributed by atoms with Crippen LogP contribution in [0.15, 0.2) is 30.3 Å². The Balaban J connectivity index is 1.75. The molecule has 0 aromatic heterocycles. The van der Waals surface area contributed by atoms with Crippen molar-refractivity contribution in [2.24, 2.45) is 0 Å². The number of nitrogens with zero attached hydrogens (tertiary/aromatic N) is 2. The molecular weight excluding hydrogens is 370 g/mol. The molecule has 0 unspecified atom stereocenters. The summed E-state index contributed by atoms with van der Waals surface area (Å²) in [6.45, 7) is 4.90. The zero-order chi connectivity index (χ0) is 21.4. The standard InChI is InChI=1S/C22H31N3O4/c1-20(2,3)29-17(26)15-25-18(27)21(23-19(25)28)11-13-22(14-12-21,24(4)5)16-9-7-6-8-10-16/h6-10H,11-15H2,1-5H3,(H,23,28)/t21-,22-. The van der Waals surface area contributed by atoms with Gasteiger partial charge in [-0.3, -0.25) is 19.4 Å². The molecule has 1 aliphatic carbocycles. The fourth-order valence-corrected chi connectivity index (χ4v) is 4.49. The zero-order valence-electron chi connectivity index (χ0n) is 17.9. The molecule has 0 bridgehead atoms. The highest BCUT2D eigenvalue weighted by molar-refractivity contribution is 6.08. The molecule has 1 saturated heterocycles. The third-order valence-electron chi connectivity index (χ3n) is 6.05. The van der Waals surface area contributed by atoms with Crippen molar-refractivity contribution in [2.45, 2.75) is 63.1 Å². The molecular formula is C22H31N3O4. The van der Waals surface area contributed by atoms with Crippen LogP contribution in [-0.4, -0.2) is 59.5 Å². The van der Waals surface area contributed by atoms with E-state index in [1.54, 1.807) is 20.8 Å². The number of carbonyl (C=O) groups excluding carboxylic acids is 3. The smallest absolute Gasteiger partial charge is 0.326 e. The number of rotatable bonds is 4. The summed E-state index contributed by atoms with van der Waals surface area (Å²) in [6.07, 6.45) is 2.51. The quantitative estimate of drug-likeness (QED) is 0.620. The molecule has 158 valence electrons. The van der Waals surface area contributed by atoms with E-state index in [0.29, 0.717) is 12.8 Å². The van der Waals surface area contributed by atoms with Crippen LogP contribution in [0.4, 0.5) is 4.79 Å². The lowest BCUT2D eigenvalue weighted by Crippen LogP contribution is -2.55. The van der Waals surface area contributed by atoms with Gasteiger partial charge in [0.15, 0.2) is 0 Å². The number of nitrogens with one attached hydrogen (secondary N) is 1. The molecule has 1 saturated carbocycles. The van der Waals surface area contributed by atoms with Gasteiger partial charge in [-0.1, -0.05) is 30.3 Å². The van der Waals surface area contributed by atoms with Crippen LogP contribution in [-0.2, 0) is 19.9 Å². The Kier molecular flexibility index (Phi) is 5.47. The van der Waals surface area contributed by atoms with E-state index in [1.807, 2.05) is 18.2 Å². The lowest BCUT2D eigenvalue weighted by atomic mass is 9.68. The number of hydrogen-bond acceptors (Lipinski definition) is 5. The summed E-state index contributed by atoms with van der Waals surface area (Å²) < 4.78 is 5.27. The predicted octanol–water partition coefficient (Wildman–Crippen LogP) is 2.65. The molecule has 1 aromatic carbocycles. The van der Waals surface area contributed by atoms with Crippen molar-refractivity contribution in [1.82, 2.24) is 15.1 Å². The first kappa shape index (κ1) is 21.3. The average Bonchev–Trinajstić information content (AvgIpc) is 2.86. The number of ether oxygens (including phenoxy) is 1. The second-order valence-corrected chi connectivity index (χ2v) is 9.28. The van der Waals surface area contributed by atoms with Crippen LogP contribution in [0, 0.1) is 0 Å². The van der Waals surface area contributed by atoms with Crippen molar-refractivity contribution in [3.63, 3.8) is 0 Å². The number of amides is 3. The SMILES string of the molecule is CN(C)[C@]1(c2ccccc2)CC[C@]2(CC1)NC(=O)N(CC(=O)OC(C)(C)C)C2=O. The summed E-state index contributed by atoms with van der Waals surface area (Å²) in [7, 11) is 4.10. The minimum absolute atomic E-state index is 0.184.